The van der Waals surface area contributed by atoms with E-state index in [-0.39, 0.29) is 43.1 Å². The molecule has 1 aromatic carbocycles. The number of carboxylic acids is 5. The van der Waals surface area contributed by atoms with Gasteiger partial charge in [0.15, 0.2) is 0 Å². The van der Waals surface area contributed by atoms with Crippen molar-refractivity contribution in [2.45, 2.75) is 123 Å². The Morgan fingerprint density at radius 3 is 1.90 bits per heavy atom. The summed E-state index contributed by atoms with van der Waals surface area (Å²) >= 11 is 0. The Balaban J connectivity index is 1.30. The summed E-state index contributed by atoms with van der Waals surface area (Å²) in [6.07, 6.45) is 2.38. The van der Waals surface area contributed by atoms with E-state index >= 15 is 0 Å². The van der Waals surface area contributed by atoms with Crippen molar-refractivity contribution in [1.82, 2.24) is 39.5 Å². The fourth-order valence-electron chi connectivity index (χ4n) is 12.0. The first-order chi connectivity index (χ1) is 41.7. The summed E-state index contributed by atoms with van der Waals surface area (Å²) in [5, 5.41) is 88.2. The molecule has 0 aliphatic carbocycles. The Bertz CT molecular complexity index is 3460. The van der Waals surface area contributed by atoms with Crippen LogP contribution in [-0.4, -0.2) is 194 Å². The van der Waals surface area contributed by atoms with Crippen molar-refractivity contribution in [3.8, 4) is 0 Å². The van der Waals surface area contributed by atoms with Gasteiger partial charge in [-0.1, -0.05) is 58.9 Å². The van der Waals surface area contributed by atoms with Crippen molar-refractivity contribution in [3.63, 3.8) is 0 Å². The number of H-pyrrole nitrogens is 2. The Morgan fingerprint density at radius 1 is 0.727 bits per heavy atom. The number of aromatic nitrogens is 4. The molecule has 474 valence electrons. The molecule has 4 aliphatic heterocycles. The van der Waals surface area contributed by atoms with E-state index in [0.717, 1.165) is 63.5 Å². The van der Waals surface area contributed by atoms with E-state index in [1.807, 2.05) is 51.7 Å². The topological polar surface area (TPSA) is 365 Å². The average molecular weight is 1220 g/mol. The summed E-state index contributed by atoms with van der Waals surface area (Å²) in [7, 11) is 0. The van der Waals surface area contributed by atoms with Crippen LogP contribution in [0.15, 0.2) is 55.6 Å². The largest absolute Gasteiger partial charge is 0.480 e. The van der Waals surface area contributed by atoms with E-state index in [4.69, 9.17) is 19.6 Å². The molecule has 25 heteroatoms. The van der Waals surface area contributed by atoms with Gasteiger partial charge in [0.05, 0.1) is 78.5 Å². The summed E-state index contributed by atoms with van der Waals surface area (Å²) in [6, 6.07) is 10.6. The molecule has 0 fully saturated rings. The minimum Gasteiger partial charge on any atom is -0.480 e. The van der Waals surface area contributed by atoms with Crippen molar-refractivity contribution in [3.05, 3.63) is 112 Å². The Hall–Kier alpha value is -8.14. The number of hydrogen-bond acceptors (Lipinski definition) is 17. The number of anilines is 1. The SMILES string of the molecule is C=C1c2c3[nH]c(cc4nc(cc5nc(cc6[nH]c2c(c6C)C(=C)N1CCCC)C(CC)=C5C)C(C(C)OCCCC)=C4C)C(O)(O)[C@@]3(CCC(=O)Nc1ccc(CC(CN(CCN(CC(=O)O)CC(=O)O)CC(=O)O)N(CC(=O)O)CC(=O)O)cc1)OO. The van der Waals surface area contributed by atoms with Gasteiger partial charge in [0.2, 0.25) is 17.3 Å². The number of nitrogens with one attached hydrogen (secondary N) is 3. The van der Waals surface area contributed by atoms with Gasteiger partial charge in [-0.3, -0.25) is 48.7 Å². The lowest BCUT2D eigenvalue weighted by Gasteiger charge is -2.39. The van der Waals surface area contributed by atoms with Gasteiger partial charge in [0.25, 0.3) is 0 Å². The molecule has 1 amide bonds. The molecule has 0 saturated carbocycles. The average Bonchev–Trinajstić information content (AvgIpc) is 1.54. The van der Waals surface area contributed by atoms with Crippen LogP contribution in [0.3, 0.4) is 0 Å². The molecule has 7 rings (SSSR count). The number of carboxylic acid groups (broad SMARTS) is 5. The summed E-state index contributed by atoms with van der Waals surface area (Å²) in [4.78, 5) is 102. The number of carbonyl (C=O) groups excluding carboxylic acids is 1. The van der Waals surface area contributed by atoms with Crippen LogP contribution in [-0.2, 0) is 56.2 Å². The number of hydrogen-bond donors (Lipinski definition) is 11. The number of rotatable bonds is 32. The highest BCUT2D eigenvalue weighted by Gasteiger charge is 2.61. The predicted octanol–water partition coefficient (Wildman–Crippen LogP) is 7.06. The standard InChI is InChI=1S/C63H81N9O16/c1-10-13-21-72-38(7)57-36(5)46-26-48-44(12-3)35(4)45(65-48)27-49-58(40(9)87-24-14-11-2)37(6)47(66-49)28-50-63(84,85)62(88-86,61(68-50)59(39(72)8)60(57)67-46)20-19-51(73)64-42-17-15-41(16-18-42)25-43(71(33-55(80)81)34-56(82)83)29-69(30-52(74)75)22-23-70(31-53(76)77)32-54(78)79/h15-18,26-28,40,43,67-68,84-86H,7-8,10-14,19-25,29-34H2,1-6,9H3,(H,64,73)(H,74,75)(H,76,77)(H,78,79)(H,80,81)(H,82,83)/t40?,43?,62-/m0/s1. The Morgan fingerprint density at radius 2 is 1.31 bits per heavy atom. The highest BCUT2D eigenvalue weighted by molar-refractivity contribution is 6.01. The van der Waals surface area contributed by atoms with Crippen LogP contribution in [0.1, 0.15) is 143 Å². The lowest BCUT2D eigenvalue weighted by Crippen LogP contribution is -2.51. The summed E-state index contributed by atoms with van der Waals surface area (Å²) in [5.41, 5.74) is 7.69. The second kappa shape index (κ2) is 28.8. The van der Waals surface area contributed by atoms with Crippen molar-refractivity contribution >= 4 is 86.2 Å². The highest BCUT2D eigenvalue weighted by atomic mass is 17.1. The van der Waals surface area contributed by atoms with Crippen LogP contribution in [0, 0.1) is 6.92 Å². The van der Waals surface area contributed by atoms with Crippen LogP contribution >= 0.6 is 0 Å². The molecule has 0 spiro atoms. The maximum absolute atomic E-state index is 14.3. The minimum atomic E-state index is -3.12. The number of ether oxygens (including phenoxy) is 1. The van der Waals surface area contributed by atoms with Crippen LogP contribution < -0.4 is 5.32 Å². The normalized spacial score (nSPS) is 16.6. The minimum absolute atomic E-state index is 0.0380. The quantitative estimate of drug-likeness (QED) is 0.0129. The Kier molecular flexibility index (Phi) is 22.0. The lowest BCUT2D eigenvalue weighted by atomic mass is 9.81. The predicted molar refractivity (Wildman–Crippen MR) is 328 cm³/mol. The zero-order valence-electron chi connectivity index (χ0n) is 50.9. The highest BCUT2D eigenvalue weighted by Crippen LogP contribution is 2.53. The van der Waals surface area contributed by atoms with Gasteiger partial charge in [-0.25, -0.2) is 14.9 Å². The second-order valence-electron chi connectivity index (χ2n) is 22.7. The van der Waals surface area contributed by atoms with Crippen LogP contribution in [0.25, 0.3) is 44.7 Å². The monoisotopic (exact) mass is 1220 g/mol. The van der Waals surface area contributed by atoms with Gasteiger partial charge < -0.3 is 60.7 Å². The van der Waals surface area contributed by atoms with E-state index in [1.165, 1.54) is 23.1 Å². The van der Waals surface area contributed by atoms with Gasteiger partial charge in [0, 0.05) is 84.5 Å². The zero-order valence-corrected chi connectivity index (χ0v) is 50.9. The molecule has 8 bridgehead atoms. The molecule has 25 nitrogen and oxygen atoms in total. The van der Waals surface area contributed by atoms with Gasteiger partial charge in [0.1, 0.15) is 0 Å². The van der Waals surface area contributed by atoms with Crippen LogP contribution in [0.4, 0.5) is 5.69 Å². The summed E-state index contributed by atoms with van der Waals surface area (Å²) < 4.78 is 6.37. The van der Waals surface area contributed by atoms with E-state index < -0.39 is 105 Å². The first-order valence-electron chi connectivity index (χ1n) is 29.4. The zero-order chi connectivity index (χ0) is 64.5. The van der Waals surface area contributed by atoms with Crippen LogP contribution in [0.2, 0.25) is 0 Å². The number of aliphatic hydroxyl groups is 2. The van der Waals surface area contributed by atoms with Crippen LogP contribution in [0.5, 0.6) is 0 Å². The molecule has 2 aromatic heterocycles. The number of benzene rings is 1. The first-order valence-corrected chi connectivity index (χ1v) is 29.4. The van der Waals surface area contributed by atoms with Gasteiger partial charge in [-0.15, -0.1) is 0 Å². The van der Waals surface area contributed by atoms with E-state index in [2.05, 4.69) is 42.3 Å². The number of nitrogens with zero attached hydrogens (tertiary/aromatic N) is 6. The molecule has 6 heterocycles. The number of allylic oxidation sites excluding steroid dienone is 3. The smallest absolute Gasteiger partial charge is 0.317 e. The van der Waals surface area contributed by atoms with Gasteiger partial charge in [-0.2, -0.15) is 0 Å². The molecule has 3 atom stereocenters. The fraction of sp³-hybridized carbons (Fsp3) is 0.460. The lowest BCUT2D eigenvalue weighted by molar-refractivity contribution is -0.416. The third-order valence-corrected chi connectivity index (χ3v) is 16.5. The number of aliphatic carboxylic acids is 5. The molecule has 4 aliphatic rings. The number of aryl methyl sites for hydroxylation is 1. The van der Waals surface area contributed by atoms with E-state index in [9.17, 15) is 69.8 Å². The van der Waals surface area contributed by atoms with Crippen molar-refractivity contribution in [1.29, 1.82) is 0 Å². The van der Waals surface area contributed by atoms with E-state index in [0.29, 0.717) is 81.3 Å². The molecule has 11 N–H and O–H groups in total. The van der Waals surface area contributed by atoms with Gasteiger partial charge >= 0.3 is 29.8 Å². The van der Waals surface area contributed by atoms with Crippen molar-refractivity contribution < 1.29 is 79.4 Å². The third kappa shape index (κ3) is 14.9. The third-order valence-electron chi connectivity index (χ3n) is 16.5. The number of amides is 1. The van der Waals surface area contributed by atoms with Crippen molar-refractivity contribution in [2.24, 2.45) is 0 Å². The first kappa shape index (κ1) is 67.4. The molecule has 2 unspecified atom stereocenters. The molecule has 88 heavy (non-hydrogen) atoms. The molecule has 0 saturated heterocycles. The fourth-order valence-corrected chi connectivity index (χ4v) is 12.0. The molecular formula is C63H81N9O16. The van der Waals surface area contributed by atoms with E-state index in [1.54, 1.807) is 12.1 Å². The number of fused-ring (bicyclic) bond motifs is 8. The number of carbonyl (C=O) groups is 6. The Labute approximate surface area is 509 Å². The van der Waals surface area contributed by atoms with Gasteiger partial charge in [-0.05, 0) is 118 Å². The van der Waals surface area contributed by atoms with Crippen molar-refractivity contribution in [2.75, 3.05) is 70.8 Å². The summed E-state index contributed by atoms with van der Waals surface area (Å²) in [6.45, 7) is 19.9. The number of unbranched alkanes of at least 4 members (excludes halogenated alkanes) is 2. The maximum atomic E-state index is 14.3. The molecular weight excluding hydrogens is 1140 g/mol. The number of aromatic amines is 2. The summed E-state index contributed by atoms with van der Waals surface area (Å²) in [5.74, 6) is -10.5. The molecule has 0 radical (unpaired) electrons. The molecule has 3 aromatic rings. The maximum Gasteiger partial charge on any atom is 0.317 e. The second-order valence-corrected chi connectivity index (χ2v) is 22.7.